The number of aromatic nitrogens is 3. The summed E-state index contributed by atoms with van der Waals surface area (Å²) < 4.78 is 5.14. The number of nitrogens with zero attached hydrogens (tertiary/aromatic N) is 4. The number of nitrogens with one attached hydrogen (secondary N) is 2. The minimum absolute atomic E-state index is 0.0196. The quantitative estimate of drug-likeness (QED) is 0.329. The zero-order valence-corrected chi connectivity index (χ0v) is 16.6. The minimum Gasteiger partial charge on any atom is -0.497 e. The SMILES string of the molecule is COc1ccc2nc(NNC(=O)[C@@H](CN(O)C=O)CC3(C)CCCC3)nnc2c1. The maximum absolute atomic E-state index is 12.7. The highest BCUT2D eigenvalue weighted by Crippen LogP contribution is 2.42. The molecule has 0 aliphatic heterocycles. The van der Waals surface area contributed by atoms with Crippen LogP contribution in [0.4, 0.5) is 5.95 Å². The first-order valence-corrected chi connectivity index (χ1v) is 9.57. The second-order valence-corrected chi connectivity index (χ2v) is 7.75. The Balaban J connectivity index is 1.66. The van der Waals surface area contributed by atoms with Crippen LogP contribution < -0.4 is 15.6 Å². The number of benzene rings is 1. The van der Waals surface area contributed by atoms with Crippen molar-refractivity contribution in [3.63, 3.8) is 0 Å². The molecule has 1 aliphatic carbocycles. The fourth-order valence-corrected chi connectivity index (χ4v) is 3.85. The molecule has 1 aliphatic rings. The Kier molecular flexibility index (Phi) is 6.42. The van der Waals surface area contributed by atoms with Gasteiger partial charge < -0.3 is 4.74 Å². The molecule has 3 N–H and O–H groups in total. The molecule has 0 spiro atoms. The average molecular weight is 402 g/mol. The van der Waals surface area contributed by atoms with Crippen LogP contribution in [0.2, 0.25) is 0 Å². The molecule has 156 valence electrons. The smallest absolute Gasteiger partial charge is 0.262 e. The first-order valence-electron chi connectivity index (χ1n) is 9.57. The summed E-state index contributed by atoms with van der Waals surface area (Å²) in [6.45, 7) is 2.06. The van der Waals surface area contributed by atoms with Crippen molar-refractivity contribution in [1.82, 2.24) is 25.7 Å². The number of methoxy groups -OCH3 is 1. The summed E-state index contributed by atoms with van der Waals surface area (Å²) in [4.78, 5) is 27.9. The molecule has 0 unspecified atom stereocenters. The molecule has 1 aromatic heterocycles. The molecule has 10 nitrogen and oxygen atoms in total. The van der Waals surface area contributed by atoms with Gasteiger partial charge in [-0.3, -0.25) is 25.6 Å². The van der Waals surface area contributed by atoms with E-state index in [0.29, 0.717) is 34.7 Å². The normalized spacial score (nSPS) is 16.2. The van der Waals surface area contributed by atoms with Crippen LogP contribution in [0.3, 0.4) is 0 Å². The molecule has 1 saturated carbocycles. The van der Waals surface area contributed by atoms with Crippen molar-refractivity contribution in [2.75, 3.05) is 19.1 Å². The van der Waals surface area contributed by atoms with Crippen LogP contribution in [0.1, 0.15) is 39.0 Å². The summed E-state index contributed by atoms with van der Waals surface area (Å²) in [5.41, 5.74) is 6.42. The van der Waals surface area contributed by atoms with E-state index < -0.39 is 5.92 Å². The third-order valence-electron chi connectivity index (χ3n) is 5.41. The summed E-state index contributed by atoms with van der Waals surface area (Å²) in [7, 11) is 1.56. The van der Waals surface area contributed by atoms with E-state index in [9.17, 15) is 14.8 Å². The van der Waals surface area contributed by atoms with Gasteiger partial charge in [-0.2, -0.15) is 0 Å². The van der Waals surface area contributed by atoms with Gasteiger partial charge >= 0.3 is 0 Å². The molecule has 29 heavy (non-hydrogen) atoms. The van der Waals surface area contributed by atoms with E-state index in [4.69, 9.17) is 4.74 Å². The van der Waals surface area contributed by atoms with Gasteiger partial charge in [-0.1, -0.05) is 19.8 Å². The van der Waals surface area contributed by atoms with Gasteiger partial charge in [0.25, 0.3) is 5.95 Å². The van der Waals surface area contributed by atoms with Crippen LogP contribution in [0.15, 0.2) is 18.2 Å². The van der Waals surface area contributed by atoms with E-state index in [2.05, 4.69) is 33.0 Å². The largest absolute Gasteiger partial charge is 0.497 e. The van der Waals surface area contributed by atoms with Crippen molar-refractivity contribution >= 4 is 29.3 Å². The van der Waals surface area contributed by atoms with Gasteiger partial charge in [0.05, 0.1) is 25.1 Å². The van der Waals surface area contributed by atoms with Gasteiger partial charge in [-0.15, -0.1) is 10.2 Å². The maximum Gasteiger partial charge on any atom is 0.262 e. The predicted octanol–water partition coefficient (Wildman–Crippen LogP) is 1.91. The highest BCUT2D eigenvalue weighted by atomic mass is 16.5. The lowest BCUT2D eigenvalue weighted by atomic mass is 9.79. The van der Waals surface area contributed by atoms with Crippen LogP contribution in [0.5, 0.6) is 5.75 Å². The fraction of sp³-hybridized carbons (Fsp3) is 0.526. The lowest BCUT2D eigenvalue weighted by Crippen LogP contribution is -2.42. The number of hydrazine groups is 1. The number of amides is 2. The fourth-order valence-electron chi connectivity index (χ4n) is 3.85. The third kappa shape index (κ3) is 5.29. The number of carbonyl (C=O) groups is 2. The first-order chi connectivity index (χ1) is 13.9. The average Bonchev–Trinajstić information content (AvgIpc) is 3.16. The molecule has 1 heterocycles. The number of anilines is 1. The van der Waals surface area contributed by atoms with Crippen molar-refractivity contribution in [3.8, 4) is 5.75 Å². The number of hydrogen-bond donors (Lipinski definition) is 3. The summed E-state index contributed by atoms with van der Waals surface area (Å²) in [6, 6.07) is 5.21. The lowest BCUT2D eigenvalue weighted by molar-refractivity contribution is -0.155. The third-order valence-corrected chi connectivity index (χ3v) is 5.41. The number of rotatable bonds is 9. The van der Waals surface area contributed by atoms with Gasteiger partial charge in [0.1, 0.15) is 11.3 Å². The zero-order valence-electron chi connectivity index (χ0n) is 16.6. The molecule has 10 heteroatoms. The summed E-state index contributed by atoms with van der Waals surface area (Å²) >= 11 is 0. The molecule has 0 radical (unpaired) electrons. The summed E-state index contributed by atoms with van der Waals surface area (Å²) in [6.07, 6.45) is 5.18. The molecule has 0 saturated heterocycles. The molecule has 1 atom stereocenters. The number of fused-ring (bicyclic) bond motifs is 1. The molecular weight excluding hydrogens is 376 g/mol. The van der Waals surface area contributed by atoms with Crippen molar-refractivity contribution in [2.45, 2.75) is 39.0 Å². The van der Waals surface area contributed by atoms with Crippen LogP contribution in [-0.4, -0.2) is 51.4 Å². The standard InChI is InChI=1S/C19H26N6O4/c1-19(7-3-4-8-19)10-13(11-25(28)12-26)17(27)22-24-18-20-15-6-5-14(29-2)9-16(15)21-23-18/h5-6,9,12-13,28H,3-4,7-8,10-11H2,1-2H3,(H,22,27)(H,20,23,24)/t13-/m1/s1. The molecule has 1 fully saturated rings. The van der Waals surface area contributed by atoms with Crippen LogP contribution in [0.25, 0.3) is 11.0 Å². The Bertz CT molecular complexity index is 871. The molecule has 0 bridgehead atoms. The second-order valence-electron chi connectivity index (χ2n) is 7.75. The number of carbonyl (C=O) groups excluding carboxylic acids is 2. The van der Waals surface area contributed by atoms with Crippen LogP contribution in [-0.2, 0) is 9.59 Å². The Hall–Kier alpha value is -3.01. The van der Waals surface area contributed by atoms with Crippen molar-refractivity contribution < 1.29 is 19.5 Å². The minimum atomic E-state index is -0.571. The van der Waals surface area contributed by atoms with E-state index in [1.807, 2.05) is 0 Å². The van der Waals surface area contributed by atoms with E-state index in [1.165, 1.54) is 0 Å². The monoisotopic (exact) mass is 402 g/mol. The van der Waals surface area contributed by atoms with E-state index in [1.54, 1.807) is 25.3 Å². The van der Waals surface area contributed by atoms with E-state index in [0.717, 1.165) is 25.7 Å². The number of ether oxygens (including phenoxy) is 1. The summed E-state index contributed by atoms with van der Waals surface area (Å²) in [5.74, 6) is -0.136. The van der Waals surface area contributed by atoms with Gasteiger partial charge in [0, 0.05) is 6.07 Å². The van der Waals surface area contributed by atoms with Gasteiger partial charge in [0.15, 0.2) is 0 Å². The molecule has 1 aromatic carbocycles. The van der Waals surface area contributed by atoms with E-state index >= 15 is 0 Å². The Morgan fingerprint density at radius 1 is 1.34 bits per heavy atom. The van der Waals surface area contributed by atoms with Crippen LogP contribution >= 0.6 is 0 Å². The molecular formula is C19H26N6O4. The summed E-state index contributed by atoms with van der Waals surface area (Å²) in [5, 5.41) is 18.1. The topological polar surface area (TPSA) is 130 Å². The molecule has 3 rings (SSSR count). The molecule has 2 aromatic rings. The first kappa shape index (κ1) is 20.7. The highest BCUT2D eigenvalue weighted by molar-refractivity contribution is 5.80. The Labute approximate surface area is 168 Å². The number of hydroxylamine groups is 2. The van der Waals surface area contributed by atoms with Gasteiger partial charge in [-0.05, 0) is 36.8 Å². The highest BCUT2D eigenvalue weighted by Gasteiger charge is 2.35. The van der Waals surface area contributed by atoms with E-state index in [-0.39, 0.29) is 23.8 Å². The van der Waals surface area contributed by atoms with Crippen molar-refractivity contribution in [2.24, 2.45) is 11.3 Å². The van der Waals surface area contributed by atoms with Crippen molar-refractivity contribution in [1.29, 1.82) is 0 Å². The maximum atomic E-state index is 12.7. The van der Waals surface area contributed by atoms with Crippen molar-refractivity contribution in [3.05, 3.63) is 18.2 Å². The van der Waals surface area contributed by atoms with Gasteiger partial charge in [-0.25, -0.2) is 10.0 Å². The number of hydrogen-bond acceptors (Lipinski definition) is 8. The lowest BCUT2D eigenvalue weighted by Gasteiger charge is -2.29. The molecule has 2 amide bonds. The second kappa shape index (κ2) is 8.99. The zero-order chi connectivity index (χ0) is 20.9. The Morgan fingerprint density at radius 2 is 2.10 bits per heavy atom. The predicted molar refractivity (Wildman–Crippen MR) is 105 cm³/mol. The Morgan fingerprint density at radius 3 is 2.79 bits per heavy atom. The van der Waals surface area contributed by atoms with Crippen LogP contribution in [0, 0.1) is 11.3 Å². The van der Waals surface area contributed by atoms with Gasteiger partial charge in [0.2, 0.25) is 12.3 Å².